The van der Waals surface area contributed by atoms with Gasteiger partial charge in [0.25, 0.3) is 5.82 Å². The molecule has 1 aliphatic rings. The third kappa shape index (κ3) is 2.43. The van der Waals surface area contributed by atoms with Gasteiger partial charge in [-0.25, -0.2) is 9.55 Å². The van der Waals surface area contributed by atoms with Gasteiger partial charge in [0, 0.05) is 18.7 Å². The Hall–Kier alpha value is -2.95. The lowest BCUT2D eigenvalue weighted by Gasteiger charge is -2.16. The monoisotopic (exact) mass is 332 g/mol. The van der Waals surface area contributed by atoms with E-state index in [9.17, 15) is 0 Å². The van der Waals surface area contributed by atoms with Gasteiger partial charge in [-0.15, -0.1) is 0 Å². The van der Waals surface area contributed by atoms with Gasteiger partial charge in [0.2, 0.25) is 5.82 Å². The van der Waals surface area contributed by atoms with E-state index in [4.69, 9.17) is 0 Å². The summed E-state index contributed by atoms with van der Waals surface area (Å²) in [5.41, 5.74) is 6.14. The Morgan fingerprint density at radius 1 is 1.08 bits per heavy atom. The van der Waals surface area contributed by atoms with Crippen LogP contribution in [0.3, 0.4) is 0 Å². The number of aromatic nitrogens is 3. The van der Waals surface area contributed by atoms with Crippen LogP contribution in [0.1, 0.15) is 11.1 Å². The number of rotatable bonds is 2. The molecule has 0 fully saturated rings. The Kier molecular flexibility index (Phi) is 3.64. The molecule has 0 saturated carbocycles. The fraction of sp³-hybridized carbons (Fsp3) is 0.250. The van der Waals surface area contributed by atoms with Gasteiger partial charge in [-0.05, 0) is 37.1 Å². The second-order valence-electron chi connectivity index (χ2n) is 6.57. The van der Waals surface area contributed by atoms with Crippen LogP contribution in [0.25, 0.3) is 11.3 Å². The van der Waals surface area contributed by atoms with Crippen molar-refractivity contribution in [3.63, 3.8) is 0 Å². The number of pyridine rings is 1. The van der Waals surface area contributed by atoms with Crippen LogP contribution in [0.2, 0.25) is 0 Å². The van der Waals surface area contributed by atoms with Gasteiger partial charge in [-0.2, -0.15) is 9.88 Å². The fourth-order valence-corrected chi connectivity index (χ4v) is 3.47. The van der Waals surface area contributed by atoms with Crippen LogP contribution in [-0.4, -0.2) is 23.7 Å². The number of nitrogens with zero attached hydrogens (tertiary/aromatic N) is 5. The standard InChI is InChI=1S/C20H22N5/c1-14-7-5-8-16(15(14)2)17-9-6-10-19(24(17)4)25-13-23(3)18-11-21-12-22-20(18)25/h5-12H,13H2,1-4H3/q+1. The predicted octanol–water partition coefficient (Wildman–Crippen LogP) is 3.13. The smallest absolute Gasteiger partial charge is 0.284 e. The molecule has 0 atom stereocenters. The first-order valence-corrected chi connectivity index (χ1v) is 8.42. The Balaban J connectivity index is 1.85. The molecule has 25 heavy (non-hydrogen) atoms. The lowest BCUT2D eigenvalue weighted by Crippen LogP contribution is -2.40. The highest BCUT2D eigenvalue weighted by Gasteiger charge is 2.34. The number of aryl methyl sites for hydroxylation is 1. The minimum atomic E-state index is 0.762. The molecule has 4 rings (SSSR count). The molecule has 0 unspecified atom stereocenters. The second kappa shape index (κ2) is 5.84. The summed E-state index contributed by atoms with van der Waals surface area (Å²) in [4.78, 5) is 13.1. The zero-order valence-corrected chi connectivity index (χ0v) is 15.1. The van der Waals surface area contributed by atoms with Crippen molar-refractivity contribution in [2.45, 2.75) is 13.8 Å². The molecule has 3 heterocycles. The highest BCUT2D eigenvalue weighted by Crippen LogP contribution is 2.36. The van der Waals surface area contributed by atoms with E-state index in [1.807, 2.05) is 6.20 Å². The van der Waals surface area contributed by atoms with Crippen LogP contribution in [0.5, 0.6) is 0 Å². The predicted molar refractivity (Wildman–Crippen MR) is 100.0 cm³/mol. The number of anilines is 3. The molecule has 0 bridgehead atoms. The Morgan fingerprint density at radius 3 is 2.72 bits per heavy atom. The van der Waals surface area contributed by atoms with Crippen molar-refractivity contribution in [2.24, 2.45) is 7.05 Å². The van der Waals surface area contributed by atoms with Crippen LogP contribution in [0, 0.1) is 13.8 Å². The third-order valence-electron chi connectivity index (χ3n) is 5.05. The number of fused-ring (bicyclic) bond motifs is 1. The Morgan fingerprint density at radius 2 is 1.88 bits per heavy atom. The van der Waals surface area contributed by atoms with Gasteiger partial charge in [0.05, 0.1) is 13.2 Å². The van der Waals surface area contributed by atoms with Crippen LogP contribution < -0.4 is 14.4 Å². The highest BCUT2D eigenvalue weighted by molar-refractivity contribution is 5.76. The second-order valence-corrected chi connectivity index (χ2v) is 6.57. The van der Waals surface area contributed by atoms with E-state index in [-0.39, 0.29) is 0 Å². The molecule has 1 aromatic carbocycles. The maximum Gasteiger partial charge on any atom is 0.284 e. The molecule has 5 nitrogen and oxygen atoms in total. The first-order chi connectivity index (χ1) is 12.1. The van der Waals surface area contributed by atoms with Gasteiger partial charge in [0.15, 0.2) is 6.67 Å². The van der Waals surface area contributed by atoms with Crippen LogP contribution in [0.15, 0.2) is 48.9 Å². The molecule has 0 aliphatic carbocycles. The first-order valence-electron chi connectivity index (χ1n) is 8.42. The summed E-state index contributed by atoms with van der Waals surface area (Å²) >= 11 is 0. The van der Waals surface area contributed by atoms with Crippen molar-refractivity contribution in [1.82, 2.24) is 9.97 Å². The zero-order chi connectivity index (χ0) is 17.6. The molecule has 0 radical (unpaired) electrons. The van der Waals surface area contributed by atoms with Crippen molar-refractivity contribution in [3.8, 4) is 11.3 Å². The lowest BCUT2D eigenvalue weighted by molar-refractivity contribution is -0.647. The first kappa shape index (κ1) is 15.6. The van der Waals surface area contributed by atoms with Crippen molar-refractivity contribution in [3.05, 3.63) is 60.0 Å². The summed E-state index contributed by atoms with van der Waals surface area (Å²) in [6.07, 6.45) is 3.48. The van der Waals surface area contributed by atoms with Gasteiger partial charge in [-0.1, -0.05) is 18.2 Å². The summed E-state index contributed by atoms with van der Waals surface area (Å²) in [6.45, 7) is 5.10. The van der Waals surface area contributed by atoms with Crippen molar-refractivity contribution >= 4 is 17.3 Å². The molecular formula is C20H22N5+. The molecule has 0 amide bonds. The average Bonchev–Trinajstić information content (AvgIpc) is 2.95. The SMILES string of the molecule is Cc1cccc(-c2cccc(N3CN(C)c4cncnc43)[n+]2C)c1C. The van der Waals surface area contributed by atoms with E-state index in [0.717, 1.165) is 24.0 Å². The molecule has 0 saturated heterocycles. The number of hydrogen-bond acceptors (Lipinski definition) is 4. The summed E-state index contributed by atoms with van der Waals surface area (Å²) in [5.74, 6) is 2.06. The lowest BCUT2D eigenvalue weighted by atomic mass is 10.0. The average molecular weight is 332 g/mol. The zero-order valence-electron chi connectivity index (χ0n) is 15.1. The highest BCUT2D eigenvalue weighted by atomic mass is 15.4. The Bertz CT molecular complexity index is 951. The molecule has 0 spiro atoms. The van der Waals surface area contributed by atoms with E-state index in [0.29, 0.717) is 0 Å². The maximum absolute atomic E-state index is 4.50. The minimum absolute atomic E-state index is 0.762. The largest absolute Gasteiger partial charge is 0.332 e. The topological polar surface area (TPSA) is 36.1 Å². The van der Waals surface area contributed by atoms with Crippen LogP contribution in [0.4, 0.5) is 17.3 Å². The molecule has 3 aromatic rings. The van der Waals surface area contributed by atoms with Crippen molar-refractivity contribution in [2.75, 3.05) is 23.5 Å². The van der Waals surface area contributed by atoms with E-state index >= 15 is 0 Å². The van der Waals surface area contributed by atoms with Crippen molar-refractivity contribution < 1.29 is 4.57 Å². The van der Waals surface area contributed by atoms with Crippen LogP contribution >= 0.6 is 0 Å². The fourth-order valence-electron chi connectivity index (χ4n) is 3.47. The molecule has 126 valence electrons. The van der Waals surface area contributed by atoms with Crippen molar-refractivity contribution in [1.29, 1.82) is 0 Å². The molecule has 2 aromatic heterocycles. The normalized spacial score (nSPS) is 13.3. The summed E-state index contributed by atoms with van der Waals surface area (Å²) in [7, 11) is 4.18. The molecule has 0 N–H and O–H groups in total. The van der Waals surface area contributed by atoms with Gasteiger partial charge in [-0.3, -0.25) is 0 Å². The Labute approximate surface area is 148 Å². The number of benzene rings is 1. The van der Waals surface area contributed by atoms with E-state index in [2.05, 4.69) is 88.7 Å². The van der Waals surface area contributed by atoms with E-state index in [1.165, 1.54) is 22.4 Å². The van der Waals surface area contributed by atoms with Gasteiger partial charge in [0.1, 0.15) is 17.7 Å². The van der Waals surface area contributed by atoms with E-state index in [1.54, 1.807) is 6.33 Å². The summed E-state index contributed by atoms with van der Waals surface area (Å²) in [6, 6.07) is 12.9. The molecular weight excluding hydrogens is 310 g/mol. The van der Waals surface area contributed by atoms with Crippen LogP contribution in [-0.2, 0) is 7.05 Å². The van der Waals surface area contributed by atoms with E-state index < -0.39 is 0 Å². The number of hydrogen-bond donors (Lipinski definition) is 0. The molecule has 1 aliphatic heterocycles. The minimum Gasteiger partial charge on any atom is -0.332 e. The summed E-state index contributed by atoms with van der Waals surface area (Å²) < 4.78 is 2.24. The quantitative estimate of drug-likeness (QED) is 0.676. The maximum atomic E-state index is 4.50. The third-order valence-corrected chi connectivity index (χ3v) is 5.05. The molecule has 5 heteroatoms. The summed E-state index contributed by atoms with van der Waals surface area (Å²) in [5, 5.41) is 0. The van der Waals surface area contributed by atoms with Gasteiger partial charge >= 0.3 is 0 Å². The van der Waals surface area contributed by atoms with Gasteiger partial charge < -0.3 is 4.90 Å².